The van der Waals surface area contributed by atoms with Crippen LogP contribution >= 0.6 is 0 Å². The second-order valence-electron chi connectivity index (χ2n) is 7.07. The van der Waals surface area contributed by atoms with E-state index in [9.17, 15) is 9.18 Å². The standard InChI is InChI=1S/C22H22FN5O4/c1-11-17(20(24)29)18(13-7-5-6-8-14(13)23)28-22(25-11)26-21(27-28)12-9-15(30-2)19(32-4)16(10-12)31-3/h5-10,18H,1-4H3,(H2,24,29)(H,25,26,27). The number of benzene rings is 2. The highest BCUT2D eigenvalue weighted by atomic mass is 19.1. The van der Waals surface area contributed by atoms with Crippen molar-refractivity contribution in [2.24, 2.45) is 5.73 Å². The Morgan fingerprint density at radius 2 is 1.78 bits per heavy atom. The van der Waals surface area contributed by atoms with E-state index in [1.165, 1.54) is 32.1 Å². The molecule has 0 spiro atoms. The average molecular weight is 439 g/mol. The number of nitrogens with one attached hydrogen (secondary N) is 1. The molecule has 1 aliphatic rings. The van der Waals surface area contributed by atoms with Gasteiger partial charge in [-0.25, -0.2) is 9.07 Å². The zero-order chi connectivity index (χ0) is 23.0. The molecule has 0 fully saturated rings. The maximum absolute atomic E-state index is 14.7. The number of nitrogens with zero attached hydrogens (tertiary/aromatic N) is 3. The van der Waals surface area contributed by atoms with Gasteiger partial charge in [0.15, 0.2) is 17.3 Å². The molecule has 0 aliphatic carbocycles. The largest absolute Gasteiger partial charge is 0.493 e. The van der Waals surface area contributed by atoms with Crippen LogP contribution in [0, 0.1) is 5.82 Å². The molecular formula is C22H22FN5O4. The number of primary amides is 1. The van der Waals surface area contributed by atoms with Crippen molar-refractivity contribution in [1.29, 1.82) is 0 Å². The lowest BCUT2D eigenvalue weighted by Gasteiger charge is -2.27. The van der Waals surface area contributed by atoms with E-state index in [2.05, 4.69) is 15.4 Å². The Hall–Kier alpha value is -4.08. The first-order valence-electron chi connectivity index (χ1n) is 9.68. The van der Waals surface area contributed by atoms with Crippen LogP contribution in [0.5, 0.6) is 17.2 Å². The van der Waals surface area contributed by atoms with Crippen LogP contribution in [0.25, 0.3) is 11.4 Å². The minimum Gasteiger partial charge on any atom is -0.493 e. The summed E-state index contributed by atoms with van der Waals surface area (Å²) in [5.41, 5.74) is 7.15. The van der Waals surface area contributed by atoms with E-state index in [4.69, 9.17) is 19.9 Å². The first-order chi connectivity index (χ1) is 15.4. The summed E-state index contributed by atoms with van der Waals surface area (Å²) in [7, 11) is 4.53. The Balaban J connectivity index is 1.90. The van der Waals surface area contributed by atoms with E-state index in [0.29, 0.717) is 40.3 Å². The van der Waals surface area contributed by atoms with Gasteiger partial charge >= 0.3 is 0 Å². The summed E-state index contributed by atoms with van der Waals surface area (Å²) in [6.07, 6.45) is 0. The molecule has 1 atom stereocenters. The van der Waals surface area contributed by atoms with E-state index >= 15 is 0 Å². The molecule has 0 saturated carbocycles. The number of allylic oxidation sites excluding steroid dienone is 1. The first-order valence-corrected chi connectivity index (χ1v) is 9.68. The highest BCUT2D eigenvalue weighted by molar-refractivity contribution is 5.95. The van der Waals surface area contributed by atoms with Gasteiger partial charge in [-0.1, -0.05) is 18.2 Å². The number of carbonyl (C=O) groups is 1. The summed E-state index contributed by atoms with van der Waals surface area (Å²) in [6, 6.07) is 8.70. The molecule has 2 heterocycles. The molecule has 1 unspecified atom stereocenters. The van der Waals surface area contributed by atoms with Crippen LogP contribution in [0.1, 0.15) is 18.5 Å². The fraction of sp³-hybridized carbons (Fsp3) is 0.227. The number of amides is 1. The van der Waals surface area contributed by atoms with Gasteiger partial charge in [-0.15, -0.1) is 5.10 Å². The number of hydrogen-bond donors (Lipinski definition) is 2. The van der Waals surface area contributed by atoms with Gasteiger partial charge in [0.25, 0.3) is 0 Å². The van der Waals surface area contributed by atoms with Gasteiger partial charge in [-0.3, -0.25) is 4.79 Å². The van der Waals surface area contributed by atoms with Crippen LogP contribution in [0.4, 0.5) is 10.3 Å². The number of anilines is 1. The zero-order valence-corrected chi connectivity index (χ0v) is 18.0. The molecule has 3 aromatic rings. The summed E-state index contributed by atoms with van der Waals surface area (Å²) < 4.78 is 32.4. The summed E-state index contributed by atoms with van der Waals surface area (Å²) in [5, 5.41) is 7.61. The fourth-order valence-corrected chi connectivity index (χ4v) is 3.79. The Kier molecular flexibility index (Phi) is 5.43. The van der Waals surface area contributed by atoms with Crippen LogP contribution < -0.4 is 25.3 Å². The molecule has 3 N–H and O–H groups in total. The normalized spacial score (nSPS) is 15.1. The number of aromatic nitrogens is 3. The zero-order valence-electron chi connectivity index (χ0n) is 18.0. The molecule has 0 bridgehead atoms. The van der Waals surface area contributed by atoms with Gasteiger partial charge in [0.05, 0.1) is 26.9 Å². The number of nitrogens with two attached hydrogens (primary N) is 1. The molecule has 9 nitrogen and oxygen atoms in total. The van der Waals surface area contributed by atoms with E-state index < -0.39 is 17.8 Å². The predicted octanol–water partition coefficient (Wildman–Crippen LogP) is 2.88. The third-order valence-corrected chi connectivity index (χ3v) is 5.24. The minimum atomic E-state index is -0.881. The number of fused-ring (bicyclic) bond motifs is 1. The highest BCUT2D eigenvalue weighted by Gasteiger charge is 2.35. The average Bonchev–Trinajstić information content (AvgIpc) is 3.21. The van der Waals surface area contributed by atoms with Crippen molar-refractivity contribution in [1.82, 2.24) is 14.8 Å². The molecule has 1 aliphatic heterocycles. The van der Waals surface area contributed by atoms with Crippen molar-refractivity contribution < 1.29 is 23.4 Å². The maximum Gasteiger partial charge on any atom is 0.248 e. The van der Waals surface area contributed by atoms with E-state index in [-0.39, 0.29) is 11.1 Å². The Labute approximate surface area is 183 Å². The van der Waals surface area contributed by atoms with Gasteiger partial charge in [-0.2, -0.15) is 4.98 Å². The van der Waals surface area contributed by atoms with E-state index in [0.717, 1.165) is 0 Å². The Bertz CT molecular complexity index is 1210. The molecule has 10 heteroatoms. The highest BCUT2D eigenvalue weighted by Crippen LogP contribution is 2.42. The summed E-state index contributed by atoms with van der Waals surface area (Å²) in [4.78, 5) is 16.8. The second-order valence-corrected chi connectivity index (χ2v) is 7.07. The van der Waals surface area contributed by atoms with Crippen LogP contribution in [0.2, 0.25) is 0 Å². The van der Waals surface area contributed by atoms with Gasteiger partial charge in [0.1, 0.15) is 11.9 Å². The lowest BCUT2D eigenvalue weighted by molar-refractivity contribution is -0.115. The minimum absolute atomic E-state index is 0.198. The maximum atomic E-state index is 14.7. The number of rotatable bonds is 6. The van der Waals surface area contributed by atoms with Crippen LogP contribution in [-0.2, 0) is 4.79 Å². The fourth-order valence-electron chi connectivity index (χ4n) is 3.79. The van der Waals surface area contributed by atoms with Gasteiger partial charge in [-0.05, 0) is 25.1 Å². The first kappa shape index (κ1) is 21.2. The quantitative estimate of drug-likeness (QED) is 0.607. The molecule has 1 aromatic heterocycles. The molecule has 2 aromatic carbocycles. The molecule has 0 radical (unpaired) electrons. The molecular weight excluding hydrogens is 417 g/mol. The SMILES string of the molecule is COc1cc(-c2nc3n(n2)C(c2ccccc2F)C(C(N)=O)=C(C)N3)cc(OC)c1OC. The van der Waals surface area contributed by atoms with Crippen molar-refractivity contribution in [3.05, 3.63) is 59.0 Å². The van der Waals surface area contributed by atoms with E-state index in [1.807, 2.05) is 0 Å². The molecule has 0 saturated heterocycles. The van der Waals surface area contributed by atoms with Crippen LogP contribution in [0.15, 0.2) is 47.7 Å². The smallest absolute Gasteiger partial charge is 0.248 e. The lowest BCUT2D eigenvalue weighted by Crippen LogP contribution is -2.32. The molecule has 1 amide bonds. The third kappa shape index (κ3) is 3.39. The van der Waals surface area contributed by atoms with Gasteiger partial charge in [0, 0.05) is 16.8 Å². The predicted molar refractivity (Wildman–Crippen MR) is 115 cm³/mol. The summed E-state index contributed by atoms with van der Waals surface area (Å²) in [6.45, 7) is 1.69. The number of halogens is 1. The molecule has 166 valence electrons. The summed E-state index contributed by atoms with van der Waals surface area (Å²) >= 11 is 0. The van der Waals surface area contributed by atoms with Crippen molar-refractivity contribution in [3.63, 3.8) is 0 Å². The Morgan fingerprint density at radius 1 is 1.12 bits per heavy atom. The van der Waals surface area contributed by atoms with Crippen LogP contribution in [-0.4, -0.2) is 42.0 Å². The Morgan fingerprint density at radius 3 is 2.34 bits per heavy atom. The van der Waals surface area contributed by atoms with Crippen molar-refractivity contribution in [2.75, 3.05) is 26.6 Å². The second kappa shape index (κ2) is 8.22. The van der Waals surface area contributed by atoms with Crippen molar-refractivity contribution in [2.45, 2.75) is 13.0 Å². The van der Waals surface area contributed by atoms with Gasteiger partial charge in [0.2, 0.25) is 17.6 Å². The third-order valence-electron chi connectivity index (χ3n) is 5.24. The number of methoxy groups -OCH3 is 3. The van der Waals surface area contributed by atoms with Crippen LogP contribution in [0.3, 0.4) is 0 Å². The van der Waals surface area contributed by atoms with E-state index in [1.54, 1.807) is 37.3 Å². The summed E-state index contributed by atoms with van der Waals surface area (Å²) in [5.74, 6) is 0.774. The molecule has 32 heavy (non-hydrogen) atoms. The monoisotopic (exact) mass is 439 g/mol. The van der Waals surface area contributed by atoms with Gasteiger partial charge < -0.3 is 25.3 Å². The van der Waals surface area contributed by atoms with Crippen molar-refractivity contribution >= 4 is 11.9 Å². The number of carbonyl (C=O) groups excluding carboxylic acids is 1. The van der Waals surface area contributed by atoms with Crippen molar-refractivity contribution in [3.8, 4) is 28.6 Å². The number of hydrogen-bond acceptors (Lipinski definition) is 7. The topological polar surface area (TPSA) is 114 Å². The molecule has 4 rings (SSSR count). The number of ether oxygens (including phenoxy) is 3. The lowest BCUT2D eigenvalue weighted by atomic mass is 9.95.